The molecule has 0 radical (unpaired) electrons. The summed E-state index contributed by atoms with van der Waals surface area (Å²) in [6, 6.07) is 8.88. The fraction of sp³-hybridized carbons (Fsp3) is 0.125. The molecule has 2 heterocycles. The summed E-state index contributed by atoms with van der Waals surface area (Å²) in [5, 5.41) is -0.165. The molecule has 0 fully saturated rings. The van der Waals surface area contributed by atoms with Crippen molar-refractivity contribution in [3.8, 4) is 0 Å². The van der Waals surface area contributed by atoms with E-state index >= 15 is 0 Å². The number of hydrogen-bond donors (Lipinski definition) is 0. The van der Waals surface area contributed by atoms with E-state index in [0.29, 0.717) is 11.3 Å². The molecule has 0 atom stereocenters. The lowest BCUT2D eigenvalue weighted by atomic mass is 10.0. The molecule has 1 aliphatic heterocycles. The Labute approximate surface area is 126 Å². The number of nitrogens with zero attached hydrogens (tertiary/aromatic N) is 2. The molecule has 2 aromatic rings. The maximum Gasteiger partial charge on any atom is 0.224 e. The van der Waals surface area contributed by atoms with E-state index in [9.17, 15) is 9.18 Å². The van der Waals surface area contributed by atoms with Gasteiger partial charge in [-0.25, -0.2) is 9.37 Å². The van der Waals surface area contributed by atoms with Gasteiger partial charge in [-0.15, -0.1) is 0 Å². The van der Waals surface area contributed by atoms with Gasteiger partial charge in [0.05, 0.1) is 17.9 Å². The van der Waals surface area contributed by atoms with Crippen LogP contribution in [0.3, 0.4) is 0 Å². The fourth-order valence-corrected chi connectivity index (χ4v) is 2.51. The minimum Gasteiger partial charge on any atom is -0.308 e. The van der Waals surface area contributed by atoms with Crippen molar-refractivity contribution in [3.05, 3.63) is 58.1 Å². The summed E-state index contributed by atoms with van der Waals surface area (Å²) in [6.07, 6.45) is 3.64. The highest BCUT2D eigenvalue weighted by molar-refractivity contribution is 6.29. The summed E-state index contributed by atoms with van der Waals surface area (Å²) in [5.74, 6) is -0.694. The van der Waals surface area contributed by atoms with Crippen LogP contribution >= 0.6 is 11.6 Å². The van der Waals surface area contributed by atoms with Crippen LogP contribution in [0.1, 0.15) is 23.7 Å². The van der Waals surface area contributed by atoms with Crippen LogP contribution < -0.4 is 4.90 Å². The molecule has 21 heavy (non-hydrogen) atoms. The largest absolute Gasteiger partial charge is 0.308 e. The number of aromatic nitrogens is 1. The molecule has 5 heteroatoms. The molecule has 0 aliphatic carbocycles. The van der Waals surface area contributed by atoms with E-state index in [-0.39, 0.29) is 17.6 Å². The molecule has 3 rings (SSSR count). The van der Waals surface area contributed by atoms with Crippen molar-refractivity contribution >= 4 is 35.3 Å². The molecule has 3 nitrogen and oxygen atoms in total. The molecular weight excluding hydrogens is 291 g/mol. The summed E-state index contributed by atoms with van der Waals surface area (Å²) in [5.41, 5.74) is 2.89. The molecular formula is C16H12ClFN2O. The van der Waals surface area contributed by atoms with Gasteiger partial charge >= 0.3 is 0 Å². The summed E-state index contributed by atoms with van der Waals surface area (Å²) in [4.78, 5) is 17.6. The van der Waals surface area contributed by atoms with E-state index in [1.165, 1.54) is 13.0 Å². The maximum atomic E-state index is 13.6. The molecule has 106 valence electrons. The zero-order chi connectivity index (χ0) is 15.0. The summed E-state index contributed by atoms with van der Waals surface area (Å²) < 4.78 is 13.6. The van der Waals surface area contributed by atoms with Gasteiger partial charge in [-0.05, 0) is 23.8 Å². The van der Waals surface area contributed by atoms with Gasteiger partial charge in [0.1, 0.15) is 0 Å². The third-order valence-electron chi connectivity index (χ3n) is 3.40. The van der Waals surface area contributed by atoms with Crippen molar-refractivity contribution in [2.75, 3.05) is 4.90 Å². The van der Waals surface area contributed by atoms with Gasteiger partial charge in [-0.2, -0.15) is 0 Å². The van der Waals surface area contributed by atoms with Crippen LogP contribution in [0.2, 0.25) is 5.15 Å². The highest BCUT2D eigenvalue weighted by atomic mass is 35.5. The predicted molar refractivity (Wildman–Crippen MR) is 81.4 cm³/mol. The Bertz CT molecular complexity index is 758. The topological polar surface area (TPSA) is 33.2 Å². The zero-order valence-electron chi connectivity index (χ0n) is 11.3. The molecule has 0 saturated heterocycles. The van der Waals surface area contributed by atoms with Crippen molar-refractivity contribution in [2.45, 2.75) is 13.5 Å². The van der Waals surface area contributed by atoms with Gasteiger partial charge in [-0.1, -0.05) is 35.9 Å². The molecule has 0 N–H and O–H groups in total. The Kier molecular flexibility index (Phi) is 3.47. The Morgan fingerprint density at radius 3 is 2.86 bits per heavy atom. The lowest BCUT2D eigenvalue weighted by Gasteiger charge is -2.25. The summed E-state index contributed by atoms with van der Waals surface area (Å²) in [7, 11) is 0. The van der Waals surface area contributed by atoms with Crippen molar-refractivity contribution < 1.29 is 9.18 Å². The third kappa shape index (κ3) is 2.54. The molecule has 0 bridgehead atoms. The number of rotatable bonds is 0. The van der Waals surface area contributed by atoms with Crippen molar-refractivity contribution in [2.24, 2.45) is 0 Å². The van der Waals surface area contributed by atoms with E-state index < -0.39 is 5.82 Å². The van der Waals surface area contributed by atoms with E-state index in [2.05, 4.69) is 4.98 Å². The number of carbonyl (C=O) groups is 1. The van der Waals surface area contributed by atoms with Gasteiger partial charge in [0, 0.05) is 12.5 Å². The number of hydrogen-bond acceptors (Lipinski definition) is 2. The Hall–Kier alpha value is -2.20. The highest BCUT2D eigenvalue weighted by Crippen LogP contribution is 2.29. The van der Waals surface area contributed by atoms with Crippen molar-refractivity contribution in [1.82, 2.24) is 4.98 Å². The first-order valence-corrected chi connectivity index (χ1v) is 6.84. The number of anilines is 1. The Balaban J connectivity index is 2.21. The number of para-hydroxylation sites is 1. The van der Waals surface area contributed by atoms with Crippen LogP contribution in [0, 0.1) is 5.82 Å². The second-order valence-corrected chi connectivity index (χ2v) is 5.16. The number of carbonyl (C=O) groups excluding carboxylic acids is 1. The normalized spacial score (nSPS) is 13.2. The van der Waals surface area contributed by atoms with Gasteiger partial charge in [0.15, 0.2) is 11.0 Å². The zero-order valence-corrected chi connectivity index (χ0v) is 12.1. The molecule has 0 spiro atoms. The first-order chi connectivity index (χ1) is 10.1. The Morgan fingerprint density at radius 1 is 1.33 bits per heavy atom. The molecule has 1 amide bonds. The van der Waals surface area contributed by atoms with Crippen LogP contribution in [0.15, 0.2) is 30.3 Å². The van der Waals surface area contributed by atoms with Gasteiger partial charge < -0.3 is 4.90 Å². The minimum absolute atomic E-state index is 0.112. The van der Waals surface area contributed by atoms with Crippen LogP contribution in [0.5, 0.6) is 0 Å². The molecule has 0 unspecified atom stereocenters. The predicted octanol–water partition coefficient (Wildman–Crippen LogP) is 3.91. The van der Waals surface area contributed by atoms with Crippen molar-refractivity contribution in [3.63, 3.8) is 0 Å². The molecule has 1 aromatic heterocycles. The van der Waals surface area contributed by atoms with Gasteiger partial charge in [-0.3, -0.25) is 4.79 Å². The maximum absolute atomic E-state index is 13.6. The minimum atomic E-state index is -0.582. The number of pyridine rings is 1. The van der Waals surface area contributed by atoms with E-state index in [4.69, 9.17) is 11.6 Å². The van der Waals surface area contributed by atoms with Crippen LogP contribution in [0.4, 0.5) is 10.1 Å². The van der Waals surface area contributed by atoms with E-state index in [1.54, 1.807) is 11.0 Å². The average molecular weight is 303 g/mol. The summed E-state index contributed by atoms with van der Waals surface area (Å²) in [6.45, 7) is 1.74. The van der Waals surface area contributed by atoms with E-state index in [1.807, 2.05) is 30.3 Å². The van der Waals surface area contributed by atoms with Crippen LogP contribution in [-0.4, -0.2) is 10.9 Å². The molecule has 0 saturated carbocycles. The average Bonchev–Trinajstić information content (AvgIpc) is 2.44. The van der Waals surface area contributed by atoms with E-state index in [0.717, 1.165) is 11.3 Å². The SMILES string of the molecule is CC(=O)N1Cc2cc(F)c(Cl)nc2C=Cc2ccccc21. The fourth-order valence-electron chi connectivity index (χ4n) is 2.37. The quantitative estimate of drug-likeness (QED) is 0.691. The van der Waals surface area contributed by atoms with Gasteiger partial charge in [0.2, 0.25) is 5.91 Å². The second kappa shape index (κ2) is 5.30. The lowest BCUT2D eigenvalue weighted by molar-refractivity contribution is -0.116. The number of benzene rings is 1. The molecule has 1 aliphatic rings. The van der Waals surface area contributed by atoms with Crippen LogP contribution in [-0.2, 0) is 11.3 Å². The first kappa shape index (κ1) is 13.8. The van der Waals surface area contributed by atoms with Crippen molar-refractivity contribution in [1.29, 1.82) is 0 Å². The lowest BCUT2D eigenvalue weighted by Crippen LogP contribution is -2.29. The first-order valence-electron chi connectivity index (χ1n) is 6.46. The summed E-state index contributed by atoms with van der Waals surface area (Å²) >= 11 is 5.74. The molecule has 1 aromatic carbocycles. The van der Waals surface area contributed by atoms with Crippen LogP contribution in [0.25, 0.3) is 12.2 Å². The Morgan fingerprint density at radius 2 is 2.10 bits per heavy atom. The number of fused-ring (bicyclic) bond motifs is 2. The smallest absolute Gasteiger partial charge is 0.224 e. The second-order valence-electron chi connectivity index (χ2n) is 4.80. The number of amides is 1. The third-order valence-corrected chi connectivity index (χ3v) is 3.67. The van der Waals surface area contributed by atoms with Gasteiger partial charge in [0.25, 0.3) is 0 Å². The standard InChI is InChI=1S/C16H12ClFN2O/c1-10(21)20-9-12-8-13(18)16(17)19-14(12)7-6-11-4-2-3-5-15(11)20/h2-8H,9H2,1H3. The number of halogens is 2. The monoisotopic (exact) mass is 302 g/mol. The highest BCUT2D eigenvalue weighted by Gasteiger charge is 2.19.